The van der Waals surface area contributed by atoms with Gasteiger partial charge in [-0.3, -0.25) is 4.90 Å². The number of ether oxygens (including phenoxy) is 1. The van der Waals surface area contributed by atoms with E-state index in [0.717, 1.165) is 6.42 Å². The molecule has 0 radical (unpaired) electrons. The number of carboxylic acid groups (broad SMARTS) is 1. The third kappa shape index (κ3) is 3.11. The van der Waals surface area contributed by atoms with Crippen LogP contribution in [-0.4, -0.2) is 41.8 Å². The molecule has 1 N–H and O–H groups in total. The van der Waals surface area contributed by atoms with Gasteiger partial charge in [-0.05, 0) is 44.2 Å². The summed E-state index contributed by atoms with van der Waals surface area (Å²) in [7, 11) is 1.91. The average Bonchev–Trinajstić information content (AvgIpc) is 2.75. The van der Waals surface area contributed by atoms with Gasteiger partial charge < -0.3 is 9.84 Å². The minimum Gasteiger partial charge on any atom is -0.478 e. The SMILES string of the molecule is CC1OCCC1N(C)Cc1cc(F)ccc1C(=O)O. The van der Waals surface area contributed by atoms with Crippen LogP contribution in [0.2, 0.25) is 0 Å². The van der Waals surface area contributed by atoms with Crippen LogP contribution in [0.4, 0.5) is 4.39 Å². The highest BCUT2D eigenvalue weighted by atomic mass is 19.1. The maximum absolute atomic E-state index is 13.3. The second-order valence-electron chi connectivity index (χ2n) is 4.95. The van der Waals surface area contributed by atoms with E-state index in [9.17, 15) is 9.18 Å². The summed E-state index contributed by atoms with van der Waals surface area (Å²) in [5.74, 6) is -1.44. The van der Waals surface area contributed by atoms with E-state index in [1.54, 1.807) is 0 Å². The van der Waals surface area contributed by atoms with Gasteiger partial charge in [0.05, 0.1) is 11.7 Å². The molecule has 1 aromatic carbocycles. The van der Waals surface area contributed by atoms with E-state index in [0.29, 0.717) is 18.7 Å². The summed E-state index contributed by atoms with van der Waals surface area (Å²) in [5.41, 5.74) is 0.647. The van der Waals surface area contributed by atoms with Crippen molar-refractivity contribution in [2.75, 3.05) is 13.7 Å². The van der Waals surface area contributed by atoms with Gasteiger partial charge in [0.2, 0.25) is 0 Å². The number of carboxylic acids is 1. The first kappa shape index (κ1) is 14.0. The molecule has 0 amide bonds. The zero-order valence-corrected chi connectivity index (χ0v) is 11.1. The molecule has 0 spiro atoms. The molecule has 4 nitrogen and oxygen atoms in total. The molecule has 1 aliphatic rings. The lowest BCUT2D eigenvalue weighted by atomic mass is 10.0. The lowest BCUT2D eigenvalue weighted by Crippen LogP contribution is -2.36. The van der Waals surface area contributed by atoms with Crippen LogP contribution in [0.3, 0.4) is 0 Å². The number of aromatic carboxylic acids is 1. The van der Waals surface area contributed by atoms with Crippen LogP contribution in [0.15, 0.2) is 18.2 Å². The zero-order valence-electron chi connectivity index (χ0n) is 11.1. The van der Waals surface area contributed by atoms with Gasteiger partial charge in [0.15, 0.2) is 0 Å². The Morgan fingerprint density at radius 3 is 2.89 bits per heavy atom. The van der Waals surface area contributed by atoms with Gasteiger partial charge >= 0.3 is 5.97 Å². The fourth-order valence-corrected chi connectivity index (χ4v) is 2.59. The molecule has 1 aromatic rings. The van der Waals surface area contributed by atoms with Crippen molar-refractivity contribution in [2.45, 2.75) is 32.0 Å². The van der Waals surface area contributed by atoms with E-state index in [2.05, 4.69) is 0 Å². The number of nitrogens with zero attached hydrogens (tertiary/aromatic N) is 1. The van der Waals surface area contributed by atoms with Crippen molar-refractivity contribution in [2.24, 2.45) is 0 Å². The monoisotopic (exact) mass is 267 g/mol. The molecule has 2 unspecified atom stereocenters. The molecule has 0 aliphatic carbocycles. The van der Waals surface area contributed by atoms with Crippen LogP contribution in [-0.2, 0) is 11.3 Å². The van der Waals surface area contributed by atoms with E-state index >= 15 is 0 Å². The molecular formula is C14H18FNO3. The molecule has 1 fully saturated rings. The lowest BCUT2D eigenvalue weighted by Gasteiger charge is -2.27. The second kappa shape index (κ2) is 5.67. The van der Waals surface area contributed by atoms with Crippen LogP contribution in [0.25, 0.3) is 0 Å². The largest absolute Gasteiger partial charge is 0.478 e. The maximum Gasteiger partial charge on any atom is 0.336 e. The second-order valence-corrected chi connectivity index (χ2v) is 4.95. The fourth-order valence-electron chi connectivity index (χ4n) is 2.59. The van der Waals surface area contributed by atoms with Gasteiger partial charge in [0.1, 0.15) is 5.82 Å². The maximum atomic E-state index is 13.3. The van der Waals surface area contributed by atoms with Crippen molar-refractivity contribution < 1.29 is 19.0 Å². The van der Waals surface area contributed by atoms with E-state index in [4.69, 9.17) is 9.84 Å². The average molecular weight is 267 g/mol. The third-order valence-electron chi connectivity index (χ3n) is 3.62. The predicted molar refractivity (Wildman–Crippen MR) is 68.6 cm³/mol. The Morgan fingerprint density at radius 1 is 1.58 bits per heavy atom. The summed E-state index contributed by atoms with van der Waals surface area (Å²) in [6, 6.07) is 4.02. The summed E-state index contributed by atoms with van der Waals surface area (Å²) >= 11 is 0. The van der Waals surface area contributed by atoms with Gasteiger partial charge in [-0.25, -0.2) is 9.18 Å². The number of rotatable bonds is 4. The third-order valence-corrected chi connectivity index (χ3v) is 3.62. The fraction of sp³-hybridized carbons (Fsp3) is 0.500. The van der Waals surface area contributed by atoms with Crippen molar-refractivity contribution in [3.63, 3.8) is 0 Å². The smallest absolute Gasteiger partial charge is 0.336 e. The van der Waals surface area contributed by atoms with Crippen molar-refractivity contribution in [1.29, 1.82) is 0 Å². The minimum absolute atomic E-state index is 0.117. The molecule has 1 saturated heterocycles. The molecule has 2 atom stereocenters. The van der Waals surface area contributed by atoms with Crippen molar-refractivity contribution in [1.82, 2.24) is 4.90 Å². The summed E-state index contributed by atoms with van der Waals surface area (Å²) in [4.78, 5) is 13.2. The Labute approximate surface area is 111 Å². The highest BCUT2D eigenvalue weighted by Crippen LogP contribution is 2.21. The van der Waals surface area contributed by atoms with E-state index < -0.39 is 11.8 Å². The molecule has 0 bridgehead atoms. The van der Waals surface area contributed by atoms with Crippen molar-refractivity contribution in [3.8, 4) is 0 Å². The Hall–Kier alpha value is -1.46. The quantitative estimate of drug-likeness (QED) is 0.908. The Balaban J connectivity index is 2.17. The Bertz CT molecular complexity index is 478. The van der Waals surface area contributed by atoms with Crippen LogP contribution in [0.5, 0.6) is 0 Å². The summed E-state index contributed by atoms with van der Waals surface area (Å²) in [5, 5.41) is 9.12. The van der Waals surface area contributed by atoms with Crippen molar-refractivity contribution >= 4 is 5.97 Å². The Morgan fingerprint density at radius 2 is 2.32 bits per heavy atom. The lowest BCUT2D eigenvalue weighted by molar-refractivity contribution is 0.0690. The highest BCUT2D eigenvalue weighted by molar-refractivity contribution is 5.89. The first-order valence-electron chi connectivity index (χ1n) is 6.32. The van der Waals surface area contributed by atoms with Gasteiger partial charge in [0.25, 0.3) is 0 Å². The van der Waals surface area contributed by atoms with E-state index in [-0.39, 0.29) is 17.7 Å². The number of halogens is 1. The number of hydrogen-bond acceptors (Lipinski definition) is 3. The number of benzene rings is 1. The predicted octanol–water partition coefficient (Wildman–Crippen LogP) is 2.13. The summed E-state index contributed by atoms with van der Waals surface area (Å²) in [6.45, 7) is 3.11. The summed E-state index contributed by atoms with van der Waals surface area (Å²) < 4.78 is 18.8. The van der Waals surface area contributed by atoms with Gasteiger partial charge in [-0.1, -0.05) is 0 Å². The molecule has 1 heterocycles. The van der Waals surface area contributed by atoms with E-state index in [1.807, 2.05) is 18.9 Å². The molecule has 19 heavy (non-hydrogen) atoms. The van der Waals surface area contributed by atoms with E-state index in [1.165, 1.54) is 18.2 Å². The number of carbonyl (C=O) groups is 1. The van der Waals surface area contributed by atoms with Gasteiger partial charge in [0, 0.05) is 19.2 Å². The van der Waals surface area contributed by atoms with Gasteiger partial charge in [-0.15, -0.1) is 0 Å². The Kier molecular flexibility index (Phi) is 4.17. The first-order valence-corrected chi connectivity index (χ1v) is 6.32. The minimum atomic E-state index is -1.03. The molecule has 104 valence electrons. The molecular weight excluding hydrogens is 249 g/mol. The van der Waals surface area contributed by atoms with Crippen LogP contribution in [0.1, 0.15) is 29.3 Å². The standard InChI is InChI=1S/C14H18FNO3/c1-9-13(5-6-19-9)16(2)8-10-7-11(15)3-4-12(10)14(17)18/h3-4,7,9,13H,5-6,8H2,1-2H3,(H,17,18). The number of likely N-dealkylation sites (N-methyl/N-ethyl adjacent to an activating group) is 1. The normalized spacial score (nSPS) is 22.9. The summed E-state index contributed by atoms with van der Waals surface area (Å²) in [6.07, 6.45) is 1.03. The zero-order chi connectivity index (χ0) is 14.0. The molecule has 0 saturated carbocycles. The highest BCUT2D eigenvalue weighted by Gasteiger charge is 2.28. The molecule has 1 aliphatic heterocycles. The van der Waals surface area contributed by atoms with Crippen LogP contribution >= 0.6 is 0 Å². The molecule has 2 rings (SSSR count). The molecule has 5 heteroatoms. The van der Waals surface area contributed by atoms with Crippen LogP contribution in [0, 0.1) is 5.82 Å². The molecule has 0 aromatic heterocycles. The first-order chi connectivity index (χ1) is 8.99. The van der Waals surface area contributed by atoms with Gasteiger partial charge in [-0.2, -0.15) is 0 Å². The number of hydrogen-bond donors (Lipinski definition) is 1. The van der Waals surface area contributed by atoms with Crippen molar-refractivity contribution in [3.05, 3.63) is 35.1 Å². The topological polar surface area (TPSA) is 49.8 Å². The van der Waals surface area contributed by atoms with Crippen LogP contribution < -0.4 is 0 Å².